The van der Waals surface area contributed by atoms with Crippen LogP contribution in [0, 0.1) is 13.8 Å². The fourth-order valence-electron chi connectivity index (χ4n) is 1.53. The van der Waals surface area contributed by atoms with E-state index in [1.54, 1.807) is 11.3 Å². The second-order valence-corrected chi connectivity index (χ2v) is 5.84. The van der Waals surface area contributed by atoms with Crippen LogP contribution in [0.25, 0.3) is 0 Å². The Kier molecular flexibility index (Phi) is 3.17. The summed E-state index contributed by atoms with van der Waals surface area (Å²) in [4.78, 5) is 0. The molecule has 0 spiro atoms. The lowest BCUT2D eigenvalue weighted by Crippen LogP contribution is -2.16. The molecule has 1 N–H and O–H groups in total. The predicted molar refractivity (Wildman–Crippen MR) is 69.0 cm³/mol. The standard InChI is InChI=1S/C11H13BrN2S/c1-8-3-4-9(2)14(8)13-6-10-5-11(12)15-7-10/h3-5,7,13H,6H2,1-2H3. The molecule has 80 valence electrons. The minimum atomic E-state index is 0.860. The number of hydrogen-bond donors (Lipinski definition) is 1. The van der Waals surface area contributed by atoms with Gasteiger partial charge in [-0.2, -0.15) is 0 Å². The number of rotatable bonds is 3. The highest BCUT2D eigenvalue weighted by Gasteiger charge is 2.01. The van der Waals surface area contributed by atoms with E-state index in [1.165, 1.54) is 20.7 Å². The van der Waals surface area contributed by atoms with Crippen LogP contribution >= 0.6 is 27.3 Å². The number of nitrogens with one attached hydrogen (secondary N) is 1. The van der Waals surface area contributed by atoms with Gasteiger partial charge in [-0.25, -0.2) is 0 Å². The summed E-state index contributed by atoms with van der Waals surface area (Å²) in [6, 6.07) is 6.38. The van der Waals surface area contributed by atoms with Gasteiger partial charge in [0, 0.05) is 11.4 Å². The SMILES string of the molecule is Cc1ccc(C)n1NCc1csc(Br)c1. The first-order valence-corrected chi connectivity index (χ1v) is 6.46. The van der Waals surface area contributed by atoms with Crippen LogP contribution in [-0.4, -0.2) is 4.68 Å². The molecule has 0 aromatic carbocycles. The van der Waals surface area contributed by atoms with Crippen molar-refractivity contribution in [2.45, 2.75) is 20.4 Å². The highest BCUT2D eigenvalue weighted by atomic mass is 79.9. The minimum absolute atomic E-state index is 0.860. The van der Waals surface area contributed by atoms with Crippen LogP contribution in [0.2, 0.25) is 0 Å². The predicted octanol–water partition coefficient (Wildman–Crippen LogP) is 3.67. The minimum Gasteiger partial charge on any atom is -0.322 e. The maximum atomic E-state index is 3.46. The lowest BCUT2D eigenvalue weighted by Gasteiger charge is -2.11. The molecule has 0 amide bonds. The van der Waals surface area contributed by atoms with Crippen LogP contribution in [0.15, 0.2) is 27.4 Å². The summed E-state index contributed by atoms with van der Waals surface area (Å²) < 4.78 is 3.30. The molecule has 0 saturated heterocycles. The fraction of sp³-hybridized carbons (Fsp3) is 0.273. The summed E-state index contributed by atoms with van der Waals surface area (Å²) >= 11 is 5.18. The maximum absolute atomic E-state index is 3.46. The van der Waals surface area contributed by atoms with E-state index >= 15 is 0 Å². The molecule has 0 bridgehead atoms. The number of halogens is 1. The molecule has 0 aliphatic rings. The van der Waals surface area contributed by atoms with Crippen LogP contribution in [0.3, 0.4) is 0 Å². The van der Waals surface area contributed by atoms with Crippen molar-refractivity contribution in [2.75, 3.05) is 5.43 Å². The van der Waals surface area contributed by atoms with E-state index in [-0.39, 0.29) is 0 Å². The maximum Gasteiger partial charge on any atom is 0.0701 e. The molecule has 0 saturated carbocycles. The van der Waals surface area contributed by atoms with Crippen LogP contribution in [0.1, 0.15) is 17.0 Å². The summed E-state index contributed by atoms with van der Waals surface area (Å²) in [7, 11) is 0. The van der Waals surface area contributed by atoms with Crippen LogP contribution < -0.4 is 5.43 Å². The highest BCUT2D eigenvalue weighted by Crippen LogP contribution is 2.20. The third-order valence-corrected chi connectivity index (χ3v) is 3.89. The third-order valence-electron chi connectivity index (χ3n) is 2.33. The topological polar surface area (TPSA) is 17.0 Å². The van der Waals surface area contributed by atoms with Crippen molar-refractivity contribution in [3.05, 3.63) is 44.3 Å². The number of hydrogen-bond acceptors (Lipinski definition) is 2. The van der Waals surface area contributed by atoms with E-state index in [0.717, 1.165) is 6.54 Å². The van der Waals surface area contributed by atoms with E-state index in [0.29, 0.717) is 0 Å². The molecule has 0 atom stereocenters. The molecule has 4 heteroatoms. The van der Waals surface area contributed by atoms with E-state index in [9.17, 15) is 0 Å². The highest BCUT2D eigenvalue weighted by molar-refractivity contribution is 9.11. The van der Waals surface area contributed by atoms with Crippen LogP contribution in [0.5, 0.6) is 0 Å². The number of thiophene rings is 1. The Bertz CT molecular complexity index is 439. The average Bonchev–Trinajstić information content (AvgIpc) is 2.73. The van der Waals surface area contributed by atoms with Crippen molar-refractivity contribution in [3.63, 3.8) is 0 Å². The molecule has 0 radical (unpaired) electrons. The van der Waals surface area contributed by atoms with Gasteiger partial charge in [0.15, 0.2) is 0 Å². The van der Waals surface area contributed by atoms with Crippen molar-refractivity contribution < 1.29 is 0 Å². The second-order valence-electron chi connectivity index (χ2n) is 3.55. The van der Waals surface area contributed by atoms with Crippen molar-refractivity contribution in [3.8, 4) is 0 Å². The van der Waals surface area contributed by atoms with Gasteiger partial charge in [0.2, 0.25) is 0 Å². The Labute approximate surface area is 102 Å². The Morgan fingerprint density at radius 2 is 2.00 bits per heavy atom. The molecule has 0 aliphatic heterocycles. The van der Waals surface area contributed by atoms with Crippen LogP contribution in [-0.2, 0) is 6.54 Å². The van der Waals surface area contributed by atoms with Gasteiger partial charge in [-0.1, -0.05) is 0 Å². The van der Waals surface area contributed by atoms with Gasteiger partial charge >= 0.3 is 0 Å². The second kappa shape index (κ2) is 4.41. The van der Waals surface area contributed by atoms with Gasteiger partial charge in [0.1, 0.15) is 0 Å². The lowest BCUT2D eigenvalue weighted by atomic mass is 10.3. The molecule has 2 nitrogen and oxygen atoms in total. The first-order chi connectivity index (χ1) is 7.16. The summed E-state index contributed by atoms with van der Waals surface area (Å²) in [5, 5.41) is 2.16. The van der Waals surface area contributed by atoms with E-state index < -0.39 is 0 Å². The van der Waals surface area contributed by atoms with Gasteiger partial charge in [0.25, 0.3) is 0 Å². The zero-order valence-corrected chi connectivity index (χ0v) is 11.2. The van der Waals surface area contributed by atoms with E-state index in [2.05, 4.69) is 63.5 Å². The normalized spacial score (nSPS) is 10.6. The molecule has 0 aliphatic carbocycles. The molecule has 15 heavy (non-hydrogen) atoms. The van der Waals surface area contributed by atoms with Crippen LogP contribution in [0.4, 0.5) is 0 Å². The molecule has 2 aromatic rings. The summed E-state index contributed by atoms with van der Waals surface area (Å²) in [6.45, 7) is 5.06. The average molecular weight is 285 g/mol. The molecule has 0 unspecified atom stereocenters. The third kappa shape index (κ3) is 2.44. The molecule has 2 heterocycles. The quantitative estimate of drug-likeness (QED) is 0.910. The van der Waals surface area contributed by atoms with Gasteiger partial charge in [-0.05, 0) is 58.9 Å². The summed E-state index contributed by atoms with van der Waals surface area (Å²) in [5.41, 5.74) is 7.17. The molecular formula is C11H13BrN2S. The smallest absolute Gasteiger partial charge is 0.0701 e. The summed E-state index contributed by atoms with van der Waals surface area (Å²) in [6.07, 6.45) is 0. The zero-order chi connectivity index (χ0) is 10.8. The monoisotopic (exact) mass is 284 g/mol. The Hall–Kier alpha value is -0.740. The number of aromatic nitrogens is 1. The molecular weight excluding hydrogens is 272 g/mol. The fourth-order valence-corrected chi connectivity index (χ4v) is 2.74. The Morgan fingerprint density at radius 3 is 2.53 bits per heavy atom. The van der Waals surface area contributed by atoms with Crippen molar-refractivity contribution in [1.29, 1.82) is 0 Å². The zero-order valence-electron chi connectivity index (χ0n) is 8.75. The van der Waals surface area contributed by atoms with E-state index in [4.69, 9.17) is 0 Å². The van der Waals surface area contributed by atoms with Gasteiger partial charge < -0.3 is 5.43 Å². The molecule has 0 fully saturated rings. The van der Waals surface area contributed by atoms with Crippen molar-refractivity contribution in [1.82, 2.24) is 4.68 Å². The Morgan fingerprint density at radius 1 is 1.33 bits per heavy atom. The van der Waals surface area contributed by atoms with Crippen molar-refractivity contribution >= 4 is 27.3 Å². The Balaban J connectivity index is 2.05. The first kappa shape index (κ1) is 10.8. The number of nitrogens with zero attached hydrogens (tertiary/aromatic N) is 1. The first-order valence-electron chi connectivity index (χ1n) is 4.78. The molecule has 2 rings (SSSR count). The summed E-state index contributed by atoms with van der Waals surface area (Å²) in [5.74, 6) is 0. The largest absolute Gasteiger partial charge is 0.322 e. The van der Waals surface area contributed by atoms with Gasteiger partial charge in [0.05, 0.1) is 10.3 Å². The van der Waals surface area contributed by atoms with E-state index in [1.807, 2.05) is 0 Å². The van der Waals surface area contributed by atoms with Gasteiger partial charge in [-0.3, -0.25) is 4.68 Å². The molecule has 2 aromatic heterocycles. The lowest BCUT2D eigenvalue weighted by molar-refractivity contribution is 0.793. The number of aryl methyl sites for hydroxylation is 2. The van der Waals surface area contributed by atoms with Crippen molar-refractivity contribution in [2.24, 2.45) is 0 Å². The van der Waals surface area contributed by atoms with Gasteiger partial charge in [-0.15, -0.1) is 11.3 Å².